The van der Waals surface area contributed by atoms with E-state index in [2.05, 4.69) is 53.2 Å². The van der Waals surface area contributed by atoms with Crippen LogP contribution in [0.3, 0.4) is 0 Å². The second kappa shape index (κ2) is 64.1. The van der Waals surface area contributed by atoms with Gasteiger partial charge in [-0.3, -0.25) is 86.3 Å². The second-order valence-corrected chi connectivity index (χ2v) is 32.4. The van der Waals surface area contributed by atoms with Crippen LogP contribution in [-0.4, -0.2) is 406 Å². The van der Waals surface area contributed by atoms with E-state index in [1.54, 1.807) is 24.3 Å². The second-order valence-electron chi connectivity index (χ2n) is 32.4. The van der Waals surface area contributed by atoms with Crippen LogP contribution in [0.4, 0.5) is 11.4 Å². The Morgan fingerprint density at radius 1 is 0.270 bits per heavy atom. The molecule has 0 aliphatic carbocycles. The van der Waals surface area contributed by atoms with Crippen LogP contribution in [0.1, 0.15) is 103 Å². The van der Waals surface area contributed by atoms with Crippen molar-refractivity contribution in [1.82, 2.24) is 87.1 Å². The van der Waals surface area contributed by atoms with Crippen LogP contribution >= 0.6 is 0 Å². The van der Waals surface area contributed by atoms with Gasteiger partial charge in [0.05, 0.1) is 156 Å². The summed E-state index contributed by atoms with van der Waals surface area (Å²) in [7, 11) is 10.2. The van der Waals surface area contributed by atoms with Crippen LogP contribution < -0.4 is 63.0 Å². The number of carbonyl (C=O) groups excluding carboxylic acids is 18. The molecule has 2 atom stereocenters. The Bertz CT molecular complexity index is 4150. The first kappa shape index (κ1) is 114. The van der Waals surface area contributed by atoms with Crippen molar-refractivity contribution in [3.05, 3.63) is 66.7 Å². The molecule has 2 saturated heterocycles. The number of imide groups is 2. The van der Waals surface area contributed by atoms with Crippen LogP contribution in [0.5, 0.6) is 0 Å². The van der Waals surface area contributed by atoms with Gasteiger partial charge in [-0.15, -0.1) is 0 Å². The minimum atomic E-state index is -0.870. The van der Waals surface area contributed by atoms with E-state index in [4.69, 9.17) is 37.9 Å². The average molecular weight is 1930 g/mol. The monoisotopic (exact) mass is 1930 g/mol. The SMILES string of the molecule is COC(=O)CCN(CCNC(=O)CCN(CCNC(=O)CCNCCNC1CC(=O)N(c2ccc3c(c2)c2cc(N4C(=O)CC(NCCNCCC(=O)NCCN(CCC(=O)NCCN(CCC(=O)OC)CCC(=O)OC)CCC(=O)NCCN(CCC(=O)OC)CCC(=O)OC)C4=O)ccc2n3-c2ccccc2)C1=O)CCC(=O)NCCN(CCC(=O)OC)CCC(=O)OC)CCC(=O)OC. The summed E-state index contributed by atoms with van der Waals surface area (Å²) in [4.78, 5) is 244. The molecule has 0 spiro atoms. The molecule has 10 amide bonds. The fourth-order valence-corrected chi connectivity index (χ4v) is 15.1. The zero-order chi connectivity index (χ0) is 99.8. The highest BCUT2D eigenvalue weighted by Crippen LogP contribution is 2.38. The molecule has 2 aliphatic heterocycles. The van der Waals surface area contributed by atoms with Crippen LogP contribution in [0, 0.1) is 0 Å². The number of fused-ring (bicyclic) bond motifs is 3. The van der Waals surface area contributed by atoms with E-state index in [0.29, 0.717) is 61.4 Å². The molecule has 4 aromatic rings. The maximum absolute atomic E-state index is 14.2. The number of aromatic nitrogens is 1. The molecule has 10 N–H and O–H groups in total. The largest absolute Gasteiger partial charge is 0.469 e. The van der Waals surface area contributed by atoms with Gasteiger partial charge in [-0.1, -0.05) is 18.2 Å². The first-order chi connectivity index (χ1) is 66.0. The Labute approximate surface area is 798 Å². The molecule has 0 radical (unpaired) electrons. The van der Waals surface area contributed by atoms with Crippen LogP contribution in [0.15, 0.2) is 66.7 Å². The van der Waals surface area contributed by atoms with Crippen molar-refractivity contribution >= 4 is 140 Å². The van der Waals surface area contributed by atoms with Crippen molar-refractivity contribution in [2.75, 3.05) is 263 Å². The lowest BCUT2D eigenvalue weighted by atomic mass is 10.1. The quantitative estimate of drug-likeness (QED) is 0.00967. The van der Waals surface area contributed by atoms with Crippen molar-refractivity contribution in [3.63, 3.8) is 0 Å². The lowest BCUT2D eigenvalue weighted by molar-refractivity contribution is -0.142. The normalized spacial score (nSPS) is 13.7. The van der Waals surface area contributed by atoms with Gasteiger partial charge >= 0.3 is 47.8 Å². The fraction of sp³-hybridized carbons (Fsp3) is 0.609. The van der Waals surface area contributed by atoms with E-state index in [1.165, 1.54) is 56.9 Å². The van der Waals surface area contributed by atoms with E-state index >= 15 is 0 Å². The third kappa shape index (κ3) is 42.6. The molecule has 0 saturated carbocycles. The number of rotatable bonds is 71. The van der Waals surface area contributed by atoms with Crippen molar-refractivity contribution in [2.45, 2.75) is 115 Å². The standard InChI is InChI=1S/C92H139N19O26/c1-130-83(120)24-48-105(49-25-84(121)131-2)58-40-99-77(114)20-44-103(45-21-78(115)100-41-59-106(50-26-85(122)132-3)51-27-86(123)133-4)56-38-97-75(112)18-32-93-34-36-95-71-64-81(118)110(91(71)128)67-14-16-73-69(62-67)70-63-68(15-17-74(70)109(73)66-12-10-9-11-13-66)111-82(119)65-72(92(111)129)96-37-35-94-33-19-76(113)98-39-57-104(46-22-79(116)101-42-60-107(52-28-87(124)134-5)53-29-88(125)135-6)47-23-80(117)102-43-61-108(54-30-89(126)136-7)55-31-90(127)137-8/h9-17,62-63,71-72,93-96H,18-61,64-65H2,1-8H3,(H,97,112)(H,98,113)(H,99,114)(H,100,115)(H,101,116)(H,102,117). The topological polar surface area (TPSA) is 532 Å². The Morgan fingerprint density at radius 2 is 0.504 bits per heavy atom. The summed E-state index contributed by atoms with van der Waals surface area (Å²) < 4.78 is 40.1. The number of anilines is 2. The van der Waals surface area contributed by atoms with Gasteiger partial charge in [-0.05, 0) is 48.5 Å². The van der Waals surface area contributed by atoms with E-state index < -0.39 is 83.5 Å². The summed E-state index contributed by atoms with van der Waals surface area (Å²) in [6.07, 6.45) is 0.634. The van der Waals surface area contributed by atoms with Gasteiger partial charge in [0.25, 0.3) is 11.8 Å². The summed E-state index contributed by atoms with van der Waals surface area (Å²) >= 11 is 0. The summed E-state index contributed by atoms with van der Waals surface area (Å²) in [6.45, 7) is 7.86. The van der Waals surface area contributed by atoms with Gasteiger partial charge in [-0.2, -0.15) is 0 Å². The van der Waals surface area contributed by atoms with Crippen LogP contribution in [0.2, 0.25) is 0 Å². The molecule has 45 nitrogen and oxygen atoms in total. The molecule has 2 aliphatic rings. The summed E-state index contributed by atoms with van der Waals surface area (Å²) in [6, 6.07) is 18.3. The van der Waals surface area contributed by atoms with E-state index in [9.17, 15) is 86.3 Å². The molecule has 0 bridgehead atoms. The number of para-hydroxylation sites is 1. The number of methoxy groups -OCH3 is 8. The Morgan fingerprint density at radius 3 is 0.745 bits per heavy atom. The molecule has 2 unspecified atom stereocenters. The maximum Gasteiger partial charge on any atom is 0.306 e. The van der Waals surface area contributed by atoms with Crippen LogP contribution in [0.25, 0.3) is 27.5 Å². The van der Waals surface area contributed by atoms with Crippen molar-refractivity contribution in [2.24, 2.45) is 0 Å². The highest BCUT2D eigenvalue weighted by Gasteiger charge is 2.41. The molecular formula is C92H139N19O26. The number of hydrogen-bond acceptors (Lipinski definition) is 36. The Balaban J connectivity index is 0.985. The van der Waals surface area contributed by atoms with Gasteiger partial charge in [0.2, 0.25) is 47.3 Å². The van der Waals surface area contributed by atoms with E-state index in [-0.39, 0.29) is 295 Å². The molecule has 3 aromatic carbocycles. The zero-order valence-electron chi connectivity index (χ0n) is 80.2. The molecule has 3 heterocycles. The predicted octanol–water partition coefficient (Wildman–Crippen LogP) is -2.24. The summed E-state index contributed by atoms with van der Waals surface area (Å²) in [5.74, 6) is -6.98. The maximum atomic E-state index is 14.2. The predicted molar refractivity (Wildman–Crippen MR) is 502 cm³/mol. The van der Waals surface area contributed by atoms with E-state index in [1.807, 2.05) is 76.4 Å². The van der Waals surface area contributed by atoms with Crippen molar-refractivity contribution in [1.29, 1.82) is 0 Å². The molecular weight excluding hydrogens is 1790 g/mol. The summed E-state index contributed by atoms with van der Waals surface area (Å²) in [5.41, 5.74) is 2.86. The number of amides is 10. The van der Waals surface area contributed by atoms with Crippen LogP contribution in [-0.2, 0) is 124 Å². The number of carbonyl (C=O) groups is 18. The fourth-order valence-electron chi connectivity index (χ4n) is 15.1. The average Bonchev–Trinajstić information content (AvgIpc) is 1.58. The van der Waals surface area contributed by atoms with Gasteiger partial charge in [0.1, 0.15) is 0 Å². The van der Waals surface area contributed by atoms with E-state index in [0.717, 1.165) is 26.5 Å². The smallest absolute Gasteiger partial charge is 0.306 e. The number of nitrogens with zero attached hydrogens (tertiary/aromatic N) is 9. The van der Waals surface area contributed by atoms with Gasteiger partial charge in [0, 0.05) is 251 Å². The summed E-state index contributed by atoms with van der Waals surface area (Å²) in [5, 5.41) is 31.3. The van der Waals surface area contributed by atoms with Gasteiger partial charge < -0.3 is 125 Å². The number of ether oxygens (including phenoxy) is 8. The molecule has 6 rings (SSSR count). The van der Waals surface area contributed by atoms with Gasteiger partial charge in [-0.25, -0.2) is 9.80 Å². The lowest BCUT2D eigenvalue weighted by Gasteiger charge is -2.24. The third-order valence-electron chi connectivity index (χ3n) is 23.0. The molecule has 2 fully saturated rings. The Hall–Kier alpha value is -12.1. The van der Waals surface area contributed by atoms with Crippen molar-refractivity contribution in [3.8, 4) is 5.69 Å². The first-order valence-corrected chi connectivity index (χ1v) is 46.3. The lowest BCUT2D eigenvalue weighted by Crippen LogP contribution is -2.42. The van der Waals surface area contributed by atoms with Gasteiger partial charge in [0.15, 0.2) is 0 Å². The molecule has 45 heteroatoms. The first-order valence-electron chi connectivity index (χ1n) is 46.3. The minimum absolute atomic E-state index is 0.0352. The number of esters is 8. The highest BCUT2D eigenvalue weighted by molar-refractivity contribution is 6.25. The number of nitrogens with one attached hydrogen (secondary N) is 10. The molecule has 137 heavy (non-hydrogen) atoms. The minimum Gasteiger partial charge on any atom is -0.469 e. The number of benzene rings is 3. The highest BCUT2D eigenvalue weighted by atomic mass is 16.5. The third-order valence-corrected chi connectivity index (χ3v) is 23.0. The zero-order valence-corrected chi connectivity index (χ0v) is 80.2. The Kier molecular flexibility index (Phi) is 53.2. The molecule has 758 valence electrons. The molecule has 1 aromatic heterocycles. The number of hydrogen-bond donors (Lipinski definition) is 10. The van der Waals surface area contributed by atoms with Crippen molar-refractivity contribution < 1.29 is 124 Å².